The van der Waals surface area contributed by atoms with E-state index in [2.05, 4.69) is 12.2 Å². The summed E-state index contributed by atoms with van der Waals surface area (Å²) >= 11 is 0. The van der Waals surface area contributed by atoms with Crippen LogP contribution in [0.2, 0.25) is 0 Å². The van der Waals surface area contributed by atoms with Crippen molar-refractivity contribution in [3.8, 4) is 0 Å². The Morgan fingerprint density at radius 3 is 2.42 bits per heavy atom. The Balaban J connectivity index is 1.90. The van der Waals surface area contributed by atoms with Gasteiger partial charge < -0.3 is 15.3 Å². The summed E-state index contributed by atoms with van der Waals surface area (Å²) in [5.74, 6) is -0.607. The van der Waals surface area contributed by atoms with Crippen LogP contribution >= 0.6 is 0 Å². The van der Waals surface area contributed by atoms with Crippen LogP contribution in [0.15, 0.2) is 0 Å². The summed E-state index contributed by atoms with van der Waals surface area (Å²) in [7, 11) is 0. The predicted octanol–water partition coefficient (Wildman–Crippen LogP) is -0.253. The lowest BCUT2D eigenvalue weighted by atomic mass is 9.92. The van der Waals surface area contributed by atoms with Crippen molar-refractivity contribution in [2.45, 2.75) is 31.7 Å². The molecule has 6 nitrogen and oxygen atoms in total. The quantitative estimate of drug-likeness (QED) is 0.736. The number of amides is 1. The highest BCUT2D eigenvalue weighted by molar-refractivity contribution is 5.86. The Morgan fingerprint density at radius 1 is 1.26 bits per heavy atom. The van der Waals surface area contributed by atoms with Crippen LogP contribution in [0.1, 0.15) is 26.2 Å². The lowest BCUT2D eigenvalue weighted by molar-refractivity contribution is -0.141. The number of carbonyl (C=O) groups is 2. The minimum absolute atomic E-state index is 0.0687. The van der Waals surface area contributed by atoms with Crippen molar-refractivity contribution < 1.29 is 14.7 Å². The third-order valence-corrected chi connectivity index (χ3v) is 4.28. The first-order chi connectivity index (χ1) is 9.07. The zero-order valence-corrected chi connectivity index (χ0v) is 11.5. The molecule has 2 fully saturated rings. The van der Waals surface area contributed by atoms with E-state index in [1.807, 2.05) is 9.80 Å². The van der Waals surface area contributed by atoms with Gasteiger partial charge in [0, 0.05) is 26.2 Å². The normalized spacial score (nSPS) is 28.6. The van der Waals surface area contributed by atoms with Crippen molar-refractivity contribution in [3.63, 3.8) is 0 Å². The highest BCUT2D eigenvalue weighted by Crippen LogP contribution is 2.25. The minimum atomic E-state index is -0.803. The molecule has 0 saturated carbocycles. The number of nitrogens with one attached hydrogen (secondary N) is 1. The van der Waals surface area contributed by atoms with Crippen molar-refractivity contribution >= 4 is 11.9 Å². The zero-order chi connectivity index (χ0) is 13.9. The van der Waals surface area contributed by atoms with Gasteiger partial charge >= 0.3 is 5.97 Å². The van der Waals surface area contributed by atoms with E-state index >= 15 is 0 Å². The van der Waals surface area contributed by atoms with Gasteiger partial charge in [-0.2, -0.15) is 0 Å². The highest BCUT2D eigenvalue weighted by Gasteiger charge is 2.42. The molecule has 1 unspecified atom stereocenters. The van der Waals surface area contributed by atoms with Gasteiger partial charge in [-0.25, -0.2) is 0 Å². The number of carbonyl (C=O) groups excluding carboxylic acids is 1. The SMILES string of the molecule is CCC1(C(=O)N2CCN(CC(=O)O)CC2)CCCN1. The first-order valence-corrected chi connectivity index (χ1v) is 7.06. The summed E-state index contributed by atoms with van der Waals surface area (Å²) in [6, 6.07) is 0. The summed E-state index contributed by atoms with van der Waals surface area (Å²) in [6.07, 6.45) is 2.79. The largest absolute Gasteiger partial charge is 0.480 e. The van der Waals surface area contributed by atoms with Crippen molar-refractivity contribution in [1.29, 1.82) is 0 Å². The molecule has 6 heteroatoms. The Morgan fingerprint density at radius 2 is 1.95 bits per heavy atom. The fraction of sp³-hybridized carbons (Fsp3) is 0.846. The Hall–Kier alpha value is -1.14. The topological polar surface area (TPSA) is 72.9 Å². The summed E-state index contributed by atoms with van der Waals surface area (Å²) in [5.41, 5.74) is -0.366. The summed E-state index contributed by atoms with van der Waals surface area (Å²) in [6.45, 7) is 5.61. The highest BCUT2D eigenvalue weighted by atomic mass is 16.4. The number of rotatable bonds is 4. The van der Waals surface area contributed by atoms with E-state index in [-0.39, 0.29) is 18.0 Å². The van der Waals surface area contributed by atoms with Crippen LogP contribution in [-0.4, -0.2) is 71.6 Å². The molecule has 2 aliphatic rings. The maximum atomic E-state index is 12.6. The number of carboxylic acid groups (broad SMARTS) is 1. The number of hydrogen-bond donors (Lipinski definition) is 2. The number of piperazine rings is 1. The van der Waals surface area contributed by atoms with Crippen LogP contribution in [0.5, 0.6) is 0 Å². The van der Waals surface area contributed by atoms with Gasteiger partial charge in [0.05, 0.1) is 12.1 Å². The lowest BCUT2D eigenvalue weighted by Gasteiger charge is -2.39. The van der Waals surface area contributed by atoms with E-state index in [4.69, 9.17) is 5.11 Å². The van der Waals surface area contributed by atoms with Crippen molar-refractivity contribution in [2.75, 3.05) is 39.3 Å². The van der Waals surface area contributed by atoms with Gasteiger partial charge in [0.1, 0.15) is 0 Å². The molecule has 2 N–H and O–H groups in total. The molecule has 0 spiro atoms. The molecule has 0 aromatic rings. The summed E-state index contributed by atoms with van der Waals surface area (Å²) < 4.78 is 0. The van der Waals surface area contributed by atoms with Gasteiger partial charge in [-0.15, -0.1) is 0 Å². The molecule has 0 aromatic heterocycles. The maximum absolute atomic E-state index is 12.6. The second-order valence-corrected chi connectivity index (χ2v) is 5.43. The lowest BCUT2D eigenvalue weighted by Crippen LogP contribution is -2.59. The van der Waals surface area contributed by atoms with E-state index in [1.54, 1.807) is 0 Å². The maximum Gasteiger partial charge on any atom is 0.317 e. The Labute approximate surface area is 113 Å². The molecule has 0 aromatic carbocycles. The van der Waals surface area contributed by atoms with Gasteiger partial charge in [-0.1, -0.05) is 6.92 Å². The first kappa shape index (κ1) is 14.3. The Kier molecular flexibility index (Phi) is 4.42. The molecule has 1 atom stereocenters. The van der Waals surface area contributed by atoms with Gasteiger partial charge in [0.15, 0.2) is 0 Å². The smallest absolute Gasteiger partial charge is 0.317 e. The Bertz CT molecular complexity index is 345. The predicted molar refractivity (Wildman–Crippen MR) is 70.9 cm³/mol. The summed E-state index contributed by atoms with van der Waals surface area (Å²) in [4.78, 5) is 27.0. The van der Waals surface area contributed by atoms with Gasteiger partial charge in [-0.3, -0.25) is 14.5 Å². The minimum Gasteiger partial charge on any atom is -0.480 e. The fourth-order valence-electron chi connectivity index (χ4n) is 3.04. The van der Waals surface area contributed by atoms with Crippen LogP contribution in [-0.2, 0) is 9.59 Å². The molecule has 2 aliphatic heterocycles. The molecule has 2 heterocycles. The van der Waals surface area contributed by atoms with E-state index in [1.165, 1.54) is 0 Å². The van der Waals surface area contributed by atoms with Crippen molar-refractivity contribution in [1.82, 2.24) is 15.1 Å². The standard InChI is InChI=1S/C13H23N3O3/c1-2-13(4-3-5-14-13)12(19)16-8-6-15(7-9-16)10-11(17)18/h14H,2-10H2,1H3,(H,17,18). The van der Waals surface area contributed by atoms with Crippen molar-refractivity contribution in [2.24, 2.45) is 0 Å². The van der Waals surface area contributed by atoms with Crippen LogP contribution in [0, 0.1) is 0 Å². The number of hydrogen-bond acceptors (Lipinski definition) is 4. The second-order valence-electron chi connectivity index (χ2n) is 5.43. The van der Waals surface area contributed by atoms with Crippen LogP contribution < -0.4 is 5.32 Å². The summed E-state index contributed by atoms with van der Waals surface area (Å²) in [5, 5.41) is 12.1. The van der Waals surface area contributed by atoms with Crippen LogP contribution in [0.3, 0.4) is 0 Å². The third kappa shape index (κ3) is 3.06. The van der Waals surface area contributed by atoms with E-state index in [0.717, 1.165) is 25.8 Å². The molecule has 2 rings (SSSR count). The number of nitrogens with zero attached hydrogens (tertiary/aromatic N) is 2. The van der Waals surface area contributed by atoms with Crippen molar-refractivity contribution in [3.05, 3.63) is 0 Å². The molecule has 1 amide bonds. The number of carboxylic acids is 1. The monoisotopic (exact) mass is 269 g/mol. The average Bonchev–Trinajstić information content (AvgIpc) is 2.88. The molecule has 2 saturated heterocycles. The molecule has 0 aliphatic carbocycles. The van der Waals surface area contributed by atoms with E-state index in [9.17, 15) is 9.59 Å². The van der Waals surface area contributed by atoms with Gasteiger partial charge in [-0.05, 0) is 25.8 Å². The van der Waals surface area contributed by atoms with Crippen LogP contribution in [0.4, 0.5) is 0 Å². The van der Waals surface area contributed by atoms with Gasteiger partial charge in [0.25, 0.3) is 0 Å². The molecular formula is C13H23N3O3. The van der Waals surface area contributed by atoms with Crippen LogP contribution in [0.25, 0.3) is 0 Å². The fourth-order valence-corrected chi connectivity index (χ4v) is 3.04. The molecular weight excluding hydrogens is 246 g/mol. The molecule has 0 radical (unpaired) electrons. The van der Waals surface area contributed by atoms with E-state index < -0.39 is 5.97 Å². The number of aliphatic carboxylic acids is 1. The molecule has 19 heavy (non-hydrogen) atoms. The zero-order valence-electron chi connectivity index (χ0n) is 11.5. The molecule has 108 valence electrons. The first-order valence-electron chi connectivity index (χ1n) is 7.06. The molecule has 0 bridgehead atoms. The van der Waals surface area contributed by atoms with Gasteiger partial charge in [0.2, 0.25) is 5.91 Å². The average molecular weight is 269 g/mol. The second kappa shape index (κ2) is 5.88. The third-order valence-electron chi connectivity index (χ3n) is 4.28. The van der Waals surface area contributed by atoms with E-state index in [0.29, 0.717) is 26.2 Å².